The highest BCUT2D eigenvalue weighted by Crippen LogP contribution is 2.36. The number of nitrogens with one attached hydrogen (secondary N) is 2. The summed E-state index contributed by atoms with van der Waals surface area (Å²) in [6.07, 6.45) is 0.191. The highest BCUT2D eigenvalue weighted by molar-refractivity contribution is 6.02. The SMILES string of the molecule is O=C(CN1CCCCCCC1=O)Nc1ccc(NC(=O)c2ccco2)cc1C(F)(F)F. The standard InChI is InChI=1S/C21H22F3N3O4/c22-21(23,24)15-12-14(25-20(30)17-6-5-11-31-17)8-9-16(15)26-18(28)13-27-10-4-2-1-3-7-19(27)29/h5-6,8-9,11-12H,1-4,7,10,13H2,(H,25,30)(H,26,28). The summed E-state index contributed by atoms with van der Waals surface area (Å²) in [6, 6.07) is 5.89. The Labute approximate surface area is 176 Å². The van der Waals surface area contributed by atoms with Crippen LogP contribution in [-0.4, -0.2) is 35.7 Å². The lowest BCUT2D eigenvalue weighted by Gasteiger charge is -2.24. The van der Waals surface area contributed by atoms with Crippen molar-refractivity contribution in [3.8, 4) is 0 Å². The molecule has 3 rings (SSSR count). The third kappa shape index (κ3) is 6.09. The molecule has 166 valence electrons. The summed E-state index contributed by atoms with van der Waals surface area (Å²) in [5, 5.41) is 4.57. The van der Waals surface area contributed by atoms with Crippen molar-refractivity contribution in [2.45, 2.75) is 38.3 Å². The number of alkyl halides is 3. The molecule has 1 aromatic heterocycles. The average molecular weight is 437 g/mol. The largest absolute Gasteiger partial charge is 0.459 e. The van der Waals surface area contributed by atoms with Gasteiger partial charge in [0.05, 0.1) is 24.1 Å². The zero-order chi connectivity index (χ0) is 22.4. The molecule has 0 radical (unpaired) electrons. The van der Waals surface area contributed by atoms with Crippen molar-refractivity contribution in [1.29, 1.82) is 0 Å². The first-order chi connectivity index (χ1) is 14.7. The molecule has 2 heterocycles. The first-order valence-corrected chi connectivity index (χ1v) is 9.88. The molecule has 0 bridgehead atoms. The van der Waals surface area contributed by atoms with Crippen LogP contribution in [0.4, 0.5) is 24.5 Å². The summed E-state index contributed by atoms with van der Waals surface area (Å²) in [5.41, 5.74) is -1.67. The lowest BCUT2D eigenvalue weighted by molar-refractivity contribution is -0.137. The summed E-state index contributed by atoms with van der Waals surface area (Å²) in [6.45, 7) is 0.0865. The van der Waals surface area contributed by atoms with Gasteiger partial charge in [-0.15, -0.1) is 0 Å². The summed E-state index contributed by atoms with van der Waals surface area (Å²) in [7, 11) is 0. The van der Waals surface area contributed by atoms with E-state index in [1.165, 1.54) is 29.4 Å². The fraction of sp³-hybridized carbons (Fsp3) is 0.381. The third-order valence-electron chi connectivity index (χ3n) is 4.86. The van der Waals surface area contributed by atoms with Gasteiger partial charge in [0.15, 0.2) is 5.76 Å². The molecule has 0 aliphatic carbocycles. The lowest BCUT2D eigenvalue weighted by Crippen LogP contribution is -2.39. The second-order valence-corrected chi connectivity index (χ2v) is 7.22. The molecule has 2 N–H and O–H groups in total. The van der Waals surface area contributed by atoms with E-state index in [1.807, 2.05) is 0 Å². The van der Waals surface area contributed by atoms with E-state index < -0.39 is 29.2 Å². The number of anilines is 2. The van der Waals surface area contributed by atoms with Gasteiger partial charge in [-0.25, -0.2) is 0 Å². The van der Waals surface area contributed by atoms with Crippen LogP contribution < -0.4 is 10.6 Å². The molecular formula is C21H22F3N3O4. The molecular weight excluding hydrogens is 415 g/mol. The van der Waals surface area contributed by atoms with Crippen molar-refractivity contribution in [1.82, 2.24) is 4.90 Å². The van der Waals surface area contributed by atoms with Crippen LogP contribution in [0.2, 0.25) is 0 Å². The number of hydrogen-bond acceptors (Lipinski definition) is 4. The first-order valence-electron chi connectivity index (χ1n) is 9.88. The Morgan fingerprint density at radius 1 is 1.06 bits per heavy atom. The Hall–Kier alpha value is -3.30. The van der Waals surface area contributed by atoms with Gasteiger partial charge in [0.1, 0.15) is 0 Å². The van der Waals surface area contributed by atoms with Crippen molar-refractivity contribution in [2.75, 3.05) is 23.7 Å². The Balaban J connectivity index is 1.73. The molecule has 0 spiro atoms. The highest BCUT2D eigenvalue weighted by atomic mass is 19.4. The molecule has 7 nitrogen and oxygen atoms in total. The van der Waals surface area contributed by atoms with E-state index in [0.717, 1.165) is 37.8 Å². The minimum Gasteiger partial charge on any atom is -0.459 e. The van der Waals surface area contributed by atoms with Crippen LogP contribution in [0.3, 0.4) is 0 Å². The second kappa shape index (κ2) is 9.67. The summed E-state index contributed by atoms with van der Waals surface area (Å²) < 4.78 is 45.6. The highest BCUT2D eigenvalue weighted by Gasteiger charge is 2.34. The molecule has 1 saturated heterocycles. The Kier molecular flexibility index (Phi) is 6.98. The van der Waals surface area contributed by atoms with Crippen LogP contribution >= 0.6 is 0 Å². The van der Waals surface area contributed by atoms with E-state index in [-0.39, 0.29) is 23.9 Å². The molecule has 0 unspecified atom stereocenters. The number of amides is 3. The maximum atomic E-state index is 13.6. The maximum Gasteiger partial charge on any atom is 0.418 e. The van der Waals surface area contributed by atoms with E-state index in [2.05, 4.69) is 10.6 Å². The van der Waals surface area contributed by atoms with Crippen LogP contribution in [0.1, 0.15) is 48.2 Å². The molecule has 0 atom stereocenters. The van der Waals surface area contributed by atoms with Crippen molar-refractivity contribution >= 4 is 29.1 Å². The minimum absolute atomic E-state index is 0.0520. The van der Waals surface area contributed by atoms with Gasteiger partial charge in [0.25, 0.3) is 5.91 Å². The van der Waals surface area contributed by atoms with Gasteiger partial charge in [0, 0.05) is 18.7 Å². The number of nitrogens with zero attached hydrogens (tertiary/aromatic N) is 1. The number of carbonyl (C=O) groups is 3. The Morgan fingerprint density at radius 2 is 1.84 bits per heavy atom. The topological polar surface area (TPSA) is 91.7 Å². The molecule has 10 heteroatoms. The molecule has 31 heavy (non-hydrogen) atoms. The van der Waals surface area contributed by atoms with Crippen molar-refractivity contribution in [3.05, 3.63) is 47.9 Å². The van der Waals surface area contributed by atoms with E-state index in [4.69, 9.17) is 4.42 Å². The van der Waals surface area contributed by atoms with Gasteiger partial charge < -0.3 is 20.0 Å². The van der Waals surface area contributed by atoms with Crippen molar-refractivity contribution < 1.29 is 32.0 Å². The Morgan fingerprint density at radius 3 is 2.55 bits per heavy atom. The van der Waals surface area contributed by atoms with Crippen molar-refractivity contribution in [3.63, 3.8) is 0 Å². The predicted octanol–water partition coefficient (Wildman–Crippen LogP) is 4.28. The minimum atomic E-state index is -4.77. The van der Waals surface area contributed by atoms with Crippen LogP contribution in [-0.2, 0) is 15.8 Å². The average Bonchev–Trinajstić information content (AvgIpc) is 3.23. The van der Waals surface area contributed by atoms with E-state index in [1.54, 1.807) is 0 Å². The van der Waals surface area contributed by atoms with Crippen LogP contribution in [0.5, 0.6) is 0 Å². The number of hydrogen-bond donors (Lipinski definition) is 2. The van der Waals surface area contributed by atoms with Gasteiger partial charge in [-0.05, 0) is 43.2 Å². The molecule has 1 aromatic carbocycles. The number of likely N-dealkylation sites (tertiary alicyclic amines) is 1. The zero-order valence-electron chi connectivity index (χ0n) is 16.6. The van der Waals surface area contributed by atoms with Gasteiger partial charge in [-0.2, -0.15) is 13.2 Å². The van der Waals surface area contributed by atoms with Gasteiger partial charge in [-0.3, -0.25) is 14.4 Å². The molecule has 1 fully saturated rings. The maximum absolute atomic E-state index is 13.6. The smallest absolute Gasteiger partial charge is 0.418 e. The molecule has 0 saturated carbocycles. The summed E-state index contributed by atoms with van der Waals surface area (Å²) in [4.78, 5) is 37.9. The van der Waals surface area contributed by atoms with E-state index in [0.29, 0.717) is 13.0 Å². The second-order valence-electron chi connectivity index (χ2n) is 7.22. The predicted molar refractivity (Wildman–Crippen MR) is 106 cm³/mol. The number of rotatable bonds is 5. The van der Waals surface area contributed by atoms with Crippen LogP contribution in [0, 0.1) is 0 Å². The van der Waals surface area contributed by atoms with Crippen LogP contribution in [0.25, 0.3) is 0 Å². The summed E-state index contributed by atoms with van der Waals surface area (Å²) in [5.74, 6) is -1.65. The normalized spacial score (nSPS) is 15.2. The summed E-state index contributed by atoms with van der Waals surface area (Å²) >= 11 is 0. The number of carbonyl (C=O) groups excluding carboxylic acids is 3. The Bertz CT molecular complexity index is 942. The number of halogens is 3. The van der Waals surface area contributed by atoms with E-state index >= 15 is 0 Å². The van der Waals surface area contributed by atoms with Gasteiger partial charge in [0.2, 0.25) is 11.8 Å². The third-order valence-corrected chi connectivity index (χ3v) is 4.86. The number of furan rings is 1. The van der Waals surface area contributed by atoms with Gasteiger partial charge >= 0.3 is 6.18 Å². The quantitative estimate of drug-likeness (QED) is 0.730. The fourth-order valence-corrected chi connectivity index (χ4v) is 3.31. The monoisotopic (exact) mass is 437 g/mol. The number of benzene rings is 1. The molecule has 3 amide bonds. The molecule has 1 aliphatic rings. The van der Waals surface area contributed by atoms with Crippen molar-refractivity contribution in [2.24, 2.45) is 0 Å². The first kappa shape index (κ1) is 22.4. The molecule has 1 aliphatic heterocycles. The van der Waals surface area contributed by atoms with Gasteiger partial charge in [-0.1, -0.05) is 12.8 Å². The molecule has 2 aromatic rings. The fourth-order valence-electron chi connectivity index (χ4n) is 3.31. The lowest BCUT2D eigenvalue weighted by atomic mass is 10.1. The van der Waals surface area contributed by atoms with Crippen LogP contribution in [0.15, 0.2) is 41.0 Å². The zero-order valence-corrected chi connectivity index (χ0v) is 16.6. The van der Waals surface area contributed by atoms with E-state index in [9.17, 15) is 27.6 Å².